The highest BCUT2D eigenvalue weighted by Crippen LogP contribution is 2.32. The smallest absolute Gasteiger partial charge is 0.227 e. The van der Waals surface area contributed by atoms with E-state index in [0.717, 1.165) is 17.0 Å². The second kappa shape index (κ2) is 8.12. The minimum Gasteiger partial charge on any atom is -0.497 e. The SMILES string of the molecule is COC[C@@H]1CN(C(=O)Cc2cccc(OC)c2)C[C@H]1c1ccccn1. The molecular weight excluding hydrogens is 316 g/mol. The number of methoxy groups -OCH3 is 2. The summed E-state index contributed by atoms with van der Waals surface area (Å²) in [6.07, 6.45) is 2.19. The molecule has 0 bridgehead atoms. The number of ether oxygens (including phenoxy) is 2. The van der Waals surface area contributed by atoms with Crippen molar-refractivity contribution in [3.05, 3.63) is 59.9 Å². The van der Waals surface area contributed by atoms with Crippen LogP contribution >= 0.6 is 0 Å². The second-order valence-electron chi connectivity index (χ2n) is 6.40. The van der Waals surface area contributed by atoms with Crippen LogP contribution in [-0.2, 0) is 16.0 Å². The van der Waals surface area contributed by atoms with Crippen molar-refractivity contribution in [3.8, 4) is 5.75 Å². The van der Waals surface area contributed by atoms with Gasteiger partial charge in [-0.2, -0.15) is 0 Å². The van der Waals surface area contributed by atoms with Crippen molar-refractivity contribution in [2.24, 2.45) is 5.92 Å². The van der Waals surface area contributed by atoms with E-state index in [2.05, 4.69) is 4.98 Å². The van der Waals surface area contributed by atoms with E-state index < -0.39 is 0 Å². The largest absolute Gasteiger partial charge is 0.497 e. The Labute approximate surface area is 148 Å². The predicted octanol–water partition coefficient (Wildman–Crippen LogP) is 2.52. The molecule has 0 aliphatic carbocycles. The van der Waals surface area contributed by atoms with E-state index in [1.807, 2.05) is 47.4 Å². The molecule has 0 unspecified atom stereocenters. The molecule has 132 valence electrons. The Bertz CT molecular complexity index is 705. The first-order valence-corrected chi connectivity index (χ1v) is 8.52. The zero-order valence-electron chi connectivity index (χ0n) is 14.7. The summed E-state index contributed by atoms with van der Waals surface area (Å²) in [5.74, 6) is 1.40. The van der Waals surface area contributed by atoms with Crippen molar-refractivity contribution in [1.82, 2.24) is 9.88 Å². The highest BCUT2D eigenvalue weighted by atomic mass is 16.5. The summed E-state index contributed by atoms with van der Waals surface area (Å²) >= 11 is 0. The Hall–Kier alpha value is -2.40. The van der Waals surface area contributed by atoms with Crippen LogP contribution in [0.15, 0.2) is 48.7 Å². The molecule has 2 aromatic rings. The van der Waals surface area contributed by atoms with Crippen LogP contribution in [0.3, 0.4) is 0 Å². The van der Waals surface area contributed by atoms with Crippen LogP contribution in [-0.4, -0.2) is 49.7 Å². The van der Waals surface area contributed by atoms with Gasteiger partial charge in [0.25, 0.3) is 0 Å². The van der Waals surface area contributed by atoms with Crippen molar-refractivity contribution < 1.29 is 14.3 Å². The molecule has 3 rings (SSSR count). The molecule has 1 aromatic carbocycles. The van der Waals surface area contributed by atoms with E-state index in [9.17, 15) is 4.79 Å². The molecule has 1 aliphatic heterocycles. The fourth-order valence-corrected chi connectivity index (χ4v) is 3.46. The Morgan fingerprint density at radius 1 is 1.20 bits per heavy atom. The monoisotopic (exact) mass is 340 g/mol. The van der Waals surface area contributed by atoms with Crippen molar-refractivity contribution in [2.45, 2.75) is 12.3 Å². The molecule has 0 radical (unpaired) electrons. The fraction of sp³-hybridized carbons (Fsp3) is 0.400. The maximum atomic E-state index is 12.8. The molecule has 0 saturated carbocycles. The average Bonchev–Trinajstić information content (AvgIpc) is 3.07. The third kappa shape index (κ3) is 4.17. The van der Waals surface area contributed by atoms with Gasteiger partial charge in [0.2, 0.25) is 5.91 Å². The first-order valence-electron chi connectivity index (χ1n) is 8.52. The van der Waals surface area contributed by atoms with Crippen LogP contribution in [0.2, 0.25) is 0 Å². The summed E-state index contributed by atoms with van der Waals surface area (Å²) < 4.78 is 10.6. The van der Waals surface area contributed by atoms with Crippen molar-refractivity contribution in [3.63, 3.8) is 0 Å². The van der Waals surface area contributed by atoms with E-state index in [0.29, 0.717) is 26.1 Å². The first kappa shape index (κ1) is 17.4. The lowest BCUT2D eigenvalue weighted by molar-refractivity contribution is -0.129. The predicted molar refractivity (Wildman–Crippen MR) is 95.6 cm³/mol. The van der Waals surface area contributed by atoms with Crippen molar-refractivity contribution in [2.75, 3.05) is 33.9 Å². The van der Waals surface area contributed by atoms with Gasteiger partial charge < -0.3 is 14.4 Å². The van der Waals surface area contributed by atoms with E-state index in [4.69, 9.17) is 9.47 Å². The Morgan fingerprint density at radius 2 is 2.08 bits per heavy atom. The van der Waals surface area contributed by atoms with Crippen LogP contribution in [0.1, 0.15) is 17.2 Å². The van der Waals surface area contributed by atoms with Gasteiger partial charge in [-0.15, -0.1) is 0 Å². The van der Waals surface area contributed by atoms with Crippen LogP contribution in [0.25, 0.3) is 0 Å². The molecule has 0 N–H and O–H groups in total. The molecule has 2 heterocycles. The normalized spacial score (nSPS) is 19.8. The highest BCUT2D eigenvalue weighted by Gasteiger charge is 2.36. The number of pyridine rings is 1. The highest BCUT2D eigenvalue weighted by molar-refractivity contribution is 5.79. The number of carbonyl (C=O) groups is 1. The first-order chi connectivity index (χ1) is 12.2. The summed E-state index contributed by atoms with van der Waals surface area (Å²) in [5, 5.41) is 0. The lowest BCUT2D eigenvalue weighted by atomic mass is 9.93. The lowest BCUT2D eigenvalue weighted by Crippen LogP contribution is -2.30. The van der Waals surface area contributed by atoms with Gasteiger partial charge in [0, 0.05) is 43.9 Å². The van der Waals surface area contributed by atoms with Gasteiger partial charge in [0.15, 0.2) is 0 Å². The number of hydrogen-bond acceptors (Lipinski definition) is 4. The number of likely N-dealkylation sites (tertiary alicyclic amines) is 1. The summed E-state index contributed by atoms with van der Waals surface area (Å²) in [4.78, 5) is 19.2. The van der Waals surface area contributed by atoms with E-state index in [-0.39, 0.29) is 17.7 Å². The number of rotatable bonds is 6. The van der Waals surface area contributed by atoms with Gasteiger partial charge in [-0.05, 0) is 29.8 Å². The average molecular weight is 340 g/mol. The minimum atomic E-state index is 0.132. The molecule has 0 spiro atoms. The van der Waals surface area contributed by atoms with Gasteiger partial charge >= 0.3 is 0 Å². The van der Waals surface area contributed by atoms with Crippen LogP contribution < -0.4 is 4.74 Å². The number of nitrogens with zero attached hydrogens (tertiary/aromatic N) is 2. The van der Waals surface area contributed by atoms with Gasteiger partial charge in [0.05, 0.1) is 20.1 Å². The van der Waals surface area contributed by atoms with Crippen molar-refractivity contribution in [1.29, 1.82) is 0 Å². The Kier molecular flexibility index (Phi) is 5.66. The molecule has 1 aliphatic rings. The Balaban J connectivity index is 1.70. The summed E-state index contributed by atoms with van der Waals surface area (Å²) in [5.41, 5.74) is 2.00. The van der Waals surface area contributed by atoms with Crippen LogP contribution in [0, 0.1) is 5.92 Å². The maximum Gasteiger partial charge on any atom is 0.227 e. The third-order valence-corrected chi connectivity index (χ3v) is 4.73. The molecule has 5 heteroatoms. The zero-order valence-corrected chi connectivity index (χ0v) is 14.7. The zero-order chi connectivity index (χ0) is 17.6. The number of carbonyl (C=O) groups excluding carboxylic acids is 1. The fourth-order valence-electron chi connectivity index (χ4n) is 3.46. The molecule has 1 saturated heterocycles. The minimum absolute atomic E-state index is 0.132. The topological polar surface area (TPSA) is 51.7 Å². The van der Waals surface area contributed by atoms with Gasteiger partial charge in [-0.25, -0.2) is 0 Å². The number of hydrogen-bond donors (Lipinski definition) is 0. The molecule has 5 nitrogen and oxygen atoms in total. The van der Waals surface area contributed by atoms with Crippen molar-refractivity contribution >= 4 is 5.91 Å². The molecule has 1 aromatic heterocycles. The lowest BCUT2D eigenvalue weighted by Gasteiger charge is -2.16. The number of amides is 1. The summed E-state index contributed by atoms with van der Waals surface area (Å²) in [7, 11) is 3.34. The number of benzene rings is 1. The molecule has 1 amide bonds. The quantitative estimate of drug-likeness (QED) is 0.811. The van der Waals surface area contributed by atoms with Crippen LogP contribution in [0.4, 0.5) is 0 Å². The van der Waals surface area contributed by atoms with Crippen LogP contribution in [0.5, 0.6) is 5.75 Å². The van der Waals surface area contributed by atoms with E-state index in [1.54, 1.807) is 20.4 Å². The molecular formula is C20H24N2O3. The third-order valence-electron chi connectivity index (χ3n) is 4.73. The standard InChI is InChI=1S/C20H24N2O3/c1-24-14-16-12-22(13-18(16)19-8-3-4-9-21-19)20(23)11-15-6-5-7-17(10-15)25-2/h3-10,16,18H,11-14H2,1-2H3/t16-,18+/m0/s1. The summed E-state index contributed by atoms with van der Waals surface area (Å²) in [6, 6.07) is 13.6. The molecule has 25 heavy (non-hydrogen) atoms. The second-order valence-corrected chi connectivity index (χ2v) is 6.40. The van der Waals surface area contributed by atoms with E-state index in [1.165, 1.54) is 0 Å². The van der Waals surface area contributed by atoms with Gasteiger partial charge in [-0.1, -0.05) is 18.2 Å². The molecule has 2 atom stereocenters. The van der Waals surface area contributed by atoms with E-state index >= 15 is 0 Å². The summed E-state index contributed by atoms with van der Waals surface area (Å²) in [6.45, 7) is 2.02. The van der Waals surface area contributed by atoms with Gasteiger partial charge in [-0.3, -0.25) is 9.78 Å². The molecule has 1 fully saturated rings. The maximum absolute atomic E-state index is 12.8. The van der Waals surface area contributed by atoms with Gasteiger partial charge in [0.1, 0.15) is 5.75 Å². The Morgan fingerprint density at radius 3 is 2.80 bits per heavy atom. The number of aromatic nitrogens is 1.